The smallest absolute Gasteiger partial charge is 0.263 e. The van der Waals surface area contributed by atoms with Crippen molar-refractivity contribution < 1.29 is 14.3 Å². The van der Waals surface area contributed by atoms with E-state index < -0.39 is 0 Å². The summed E-state index contributed by atoms with van der Waals surface area (Å²) in [4.78, 5) is 12.1. The zero-order valence-electron chi connectivity index (χ0n) is 8.56. The highest BCUT2D eigenvalue weighted by atomic mass is 32.2. The zero-order chi connectivity index (χ0) is 11.8. The summed E-state index contributed by atoms with van der Waals surface area (Å²) < 4.78 is 11.0. The van der Waals surface area contributed by atoms with Gasteiger partial charge in [0.2, 0.25) is 6.79 Å². The third-order valence-electron chi connectivity index (χ3n) is 2.34. The van der Waals surface area contributed by atoms with Crippen molar-refractivity contribution in [2.45, 2.75) is 0 Å². The van der Waals surface area contributed by atoms with Crippen molar-refractivity contribution in [3.63, 3.8) is 0 Å². The number of nitrogens with one attached hydrogen (secondary N) is 1. The fraction of sp³-hybridized carbons (Fsp3) is 0.0909. The number of fused-ring (bicyclic) bond motifs is 1. The standard InChI is InChI=1S/C11H7NO3S2/c13-10-9(17-11(16)12-10)4-6-1-2-7-8(3-6)15-5-14-7/h1-4H,5H2,(H,12,13,16)/b9-4-. The van der Waals surface area contributed by atoms with Gasteiger partial charge in [-0.1, -0.05) is 30.0 Å². The lowest BCUT2D eigenvalue weighted by molar-refractivity contribution is -0.115. The van der Waals surface area contributed by atoms with Crippen LogP contribution in [0, 0.1) is 0 Å². The molecule has 86 valence electrons. The molecule has 2 heterocycles. The molecule has 0 aliphatic carbocycles. The van der Waals surface area contributed by atoms with Crippen LogP contribution in [0.25, 0.3) is 6.08 Å². The molecule has 1 aromatic rings. The molecule has 3 rings (SSSR count). The van der Waals surface area contributed by atoms with E-state index in [9.17, 15) is 4.79 Å². The Bertz CT molecular complexity index is 554. The van der Waals surface area contributed by atoms with Gasteiger partial charge in [-0.25, -0.2) is 0 Å². The van der Waals surface area contributed by atoms with Gasteiger partial charge in [-0.15, -0.1) is 0 Å². The SMILES string of the molecule is O=C1NC(=S)S/C1=C\c1ccc2c(c1)OCO2. The normalized spacial score (nSPS) is 19.9. The van der Waals surface area contributed by atoms with Crippen molar-refractivity contribution in [2.24, 2.45) is 0 Å². The van der Waals surface area contributed by atoms with Crippen LogP contribution in [0.2, 0.25) is 0 Å². The van der Waals surface area contributed by atoms with Crippen LogP contribution in [0.5, 0.6) is 11.5 Å². The summed E-state index contributed by atoms with van der Waals surface area (Å²) in [5.74, 6) is 1.27. The van der Waals surface area contributed by atoms with Gasteiger partial charge >= 0.3 is 0 Å². The number of thiocarbonyl (C=S) groups is 1. The first-order valence-electron chi connectivity index (χ1n) is 4.87. The summed E-state index contributed by atoms with van der Waals surface area (Å²) in [5.41, 5.74) is 0.886. The first-order valence-corrected chi connectivity index (χ1v) is 6.09. The topological polar surface area (TPSA) is 47.6 Å². The maximum atomic E-state index is 11.5. The first-order chi connectivity index (χ1) is 8.22. The number of ether oxygens (including phenoxy) is 2. The molecule has 0 saturated carbocycles. The minimum atomic E-state index is -0.155. The summed E-state index contributed by atoms with van der Waals surface area (Å²) in [7, 11) is 0. The van der Waals surface area contributed by atoms with Crippen molar-refractivity contribution in [1.29, 1.82) is 0 Å². The highest BCUT2D eigenvalue weighted by Gasteiger charge is 2.22. The molecular weight excluding hydrogens is 258 g/mol. The highest BCUT2D eigenvalue weighted by Crippen LogP contribution is 2.34. The number of carbonyl (C=O) groups is 1. The molecule has 6 heteroatoms. The predicted molar refractivity (Wildman–Crippen MR) is 68.9 cm³/mol. The number of thioether (sulfide) groups is 1. The molecule has 2 aliphatic rings. The van der Waals surface area contributed by atoms with Gasteiger partial charge < -0.3 is 14.8 Å². The number of carbonyl (C=O) groups excluding carboxylic acids is 1. The van der Waals surface area contributed by atoms with Crippen LogP contribution in [0.4, 0.5) is 0 Å². The van der Waals surface area contributed by atoms with Gasteiger partial charge in [0.1, 0.15) is 4.32 Å². The van der Waals surface area contributed by atoms with Gasteiger partial charge in [0.25, 0.3) is 5.91 Å². The van der Waals surface area contributed by atoms with Crippen molar-refractivity contribution in [3.05, 3.63) is 28.7 Å². The van der Waals surface area contributed by atoms with Gasteiger partial charge in [0.15, 0.2) is 11.5 Å². The average molecular weight is 265 g/mol. The molecule has 0 bridgehead atoms. The van der Waals surface area contributed by atoms with E-state index in [1.165, 1.54) is 11.8 Å². The summed E-state index contributed by atoms with van der Waals surface area (Å²) in [5, 5.41) is 2.57. The molecule has 0 radical (unpaired) electrons. The Kier molecular flexibility index (Phi) is 2.53. The van der Waals surface area contributed by atoms with Crippen LogP contribution in [-0.2, 0) is 4.79 Å². The molecule has 0 aromatic heterocycles. The Labute approximate surface area is 107 Å². The van der Waals surface area contributed by atoms with Crippen LogP contribution in [-0.4, -0.2) is 17.0 Å². The fourth-order valence-corrected chi connectivity index (χ4v) is 2.62. The number of hydrogen-bond acceptors (Lipinski definition) is 5. The minimum absolute atomic E-state index is 0.155. The van der Waals surface area contributed by atoms with Crippen molar-refractivity contribution in [3.8, 4) is 11.5 Å². The maximum Gasteiger partial charge on any atom is 0.263 e. The lowest BCUT2D eigenvalue weighted by Gasteiger charge is -1.98. The molecule has 1 saturated heterocycles. The second-order valence-corrected chi connectivity index (χ2v) is 5.18. The monoisotopic (exact) mass is 265 g/mol. The van der Waals surface area contributed by atoms with E-state index in [2.05, 4.69) is 5.32 Å². The highest BCUT2D eigenvalue weighted by molar-refractivity contribution is 8.26. The summed E-state index contributed by atoms with van der Waals surface area (Å²) in [6.45, 7) is 0.245. The van der Waals surface area contributed by atoms with E-state index in [-0.39, 0.29) is 12.7 Å². The largest absolute Gasteiger partial charge is 0.454 e. The first kappa shape index (κ1) is 10.6. The van der Waals surface area contributed by atoms with Crippen molar-refractivity contribution >= 4 is 40.3 Å². The molecule has 0 atom stereocenters. The second kappa shape index (κ2) is 4.05. The second-order valence-electron chi connectivity index (χ2n) is 3.46. The maximum absolute atomic E-state index is 11.5. The molecule has 17 heavy (non-hydrogen) atoms. The molecule has 1 aromatic carbocycles. The Balaban J connectivity index is 1.93. The van der Waals surface area contributed by atoms with Crippen LogP contribution in [0.1, 0.15) is 5.56 Å². The minimum Gasteiger partial charge on any atom is -0.454 e. The van der Waals surface area contributed by atoms with Crippen molar-refractivity contribution in [2.75, 3.05) is 6.79 Å². The molecule has 2 aliphatic heterocycles. The lowest BCUT2D eigenvalue weighted by Crippen LogP contribution is -2.17. The van der Waals surface area contributed by atoms with E-state index in [1.807, 2.05) is 18.2 Å². The number of amides is 1. The molecule has 4 nitrogen and oxygen atoms in total. The molecule has 1 amide bonds. The molecular formula is C11H7NO3S2. The molecule has 1 fully saturated rings. The number of benzene rings is 1. The fourth-order valence-electron chi connectivity index (χ4n) is 1.58. The van der Waals surface area contributed by atoms with Crippen LogP contribution in [0.15, 0.2) is 23.1 Å². The van der Waals surface area contributed by atoms with E-state index in [0.717, 1.165) is 11.3 Å². The number of rotatable bonds is 1. The Hall–Kier alpha value is -1.53. The van der Waals surface area contributed by atoms with Gasteiger partial charge in [0, 0.05) is 0 Å². The number of hydrogen-bond donors (Lipinski definition) is 1. The zero-order valence-corrected chi connectivity index (χ0v) is 10.2. The Morgan fingerprint density at radius 2 is 2.18 bits per heavy atom. The predicted octanol–water partition coefficient (Wildman–Crippen LogP) is 1.90. The molecule has 0 spiro atoms. The Morgan fingerprint density at radius 1 is 1.35 bits per heavy atom. The molecule has 0 unspecified atom stereocenters. The lowest BCUT2D eigenvalue weighted by atomic mass is 10.2. The van der Waals surface area contributed by atoms with E-state index in [0.29, 0.717) is 15.0 Å². The van der Waals surface area contributed by atoms with Crippen LogP contribution >= 0.6 is 24.0 Å². The third-order valence-corrected chi connectivity index (χ3v) is 3.50. The van der Waals surface area contributed by atoms with Crippen molar-refractivity contribution in [1.82, 2.24) is 5.32 Å². The van der Waals surface area contributed by atoms with E-state index in [4.69, 9.17) is 21.7 Å². The summed E-state index contributed by atoms with van der Waals surface area (Å²) in [6.07, 6.45) is 1.78. The van der Waals surface area contributed by atoms with Crippen LogP contribution in [0.3, 0.4) is 0 Å². The summed E-state index contributed by atoms with van der Waals surface area (Å²) >= 11 is 6.18. The third kappa shape index (κ3) is 2.01. The van der Waals surface area contributed by atoms with Gasteiger partial charge in [-0.3, -0.25) is 4.79 Å². The Morgan fingerprint density at radius 3 is 2.94 bits per heavy atom. The quantitative estimate of drug-likeness (QED) is 0.621. The molecule has 1 N–H and O–H groups in total. The van der Waals surface area contributed by atoms with E-state index >= 15 is 0 Å². The average Bonchev–Trinajstić information content (AvgIpc) is 2.85. The summed E-state index contributed by atoms with van der Waals surface area (Å²) in [6, 6.07) is 5.53. The van der Waals surface area contributed by atoms with Gasteiger partial charge in [0.05, 0.1) is 4.91 Å². The van der Waals surface area contributed by atoms with Crippen LogP contribution < -0.4 is 14.8 Å². The van der Waals surface area contributed by atoms with E-state index in [1.54, 1.807) is 6.08 Å². The van der Waals surface area contributed by atoms with Gasteiger partial charge in [-0.05, 0) is 23.8 Å². The van der Waals surface area contributed by atoms with Gasteiger partial charge in [-0.2, -0.15) is 0 Å².